The number of rotatable bonds is 5. The summed E-state index contributed by atoms with van der Waals surface area (Å²) in [5.74, 6) is 0.338. The first-order valence-corrected chi connectivity index (χ1v) is 12.2. The zero-order chi connectivity index (χ0) is 24.6. The Hall–Kier alpha value is -3.55. The number of amides is 4. The lowest BCUT2D eigenvalue weighted by Crippen LogP contribution is -2.72. The number of carbonyl (C=O) groups excluding carboxylic acids is 3. The van der Waals surface area contributed by atoms with Gasteiger partial charge in [-0.1, -0.05) is 37.1 Å². The molecule has 8 nitrogen and oxygen atoms in total. The smallest absolute Gasteiger partial charge is 0.330 e. The SMILES string of the molecule is COc1ccc(CCN2C(=O)NC(=O)[C@]3(Cc4ccccc4N4CCCCC[C@@H]43)C2=O)cc1OC. The highest BCUT2D eigenvalue weighted by atomic mass is 16.5. The summed E-state index contributed by atoms with van der Waals surface area (Å²) < 4.78 is 10.7. The van der Waals surface area contributed by atoms with E-state index in [1.54, 1.807) is 20.3 Å². The fraction of sp³-hybridized carbons (Fsp3) is 0.444. The first-order valence-electron chi connectivity index (χ1n) is 12.2. The number of urea groups is 1. The number of fused-ring (bicyclic) bond motifs is 4. The monoisotopic (exact) mass is 477 g/mol. The Morgan fingerprint density at radius 2 is 1.80 bits per heavy atom. The maximum atomic E-state index is 14.1. The van der Waals surface area contributed by atoms with Crippen LogP contribution in [0.3, 0.4) is 0 Å². The van der Waals surface area contributed by atoms with Gasteiger partial charge in [0.05, 0.1) is 20.3 Å². The van der Waals surface area contributed by atoms with Gasteiger partial charge < -0.3 is 14.4 Å². The van der Waals surface area contributed by atoms with Gasteiger partial charge in [0.2, 0.25) is 11.8 Å². The molecule has 2 atom stereocenters. The highest BCUT2D eigenvalue weighted by Crippen LogP contribution is 2.47. The predicted molar refractivity (Wildman–Crippen MR) is 131 cm³/mol. The zero-order valence-corrected chi connectivity index (χ0v) is 20.2. The number of anilines is 1. The Bertz CT molecular complexity index is 1170. The van der Waals surface area contributed by atoms with E-state index in [0.717, 1.165) is 49.0 Å². The summed E-state index contributed by atoms with van der Waals surface area (Å²) >= 11 is 0. The van der Waals surface area contributed by atoms with Crippen molar-refractivity contribution in [3.63, 3.8) is 0 Å². The van der Waals surface area contributed by atoms with Gasteiger partial charge in [-0.3, -0.25) is 19.8 Å². The van der Waals surface area contributed by atoms with E-state index in [4.69, 9.17) is 9.47 Å². The molecule has 1 N–H and O–H groups in total. The van der Waals surface area contributed by atoms with Gasteiger partial charge >= 0.3 is 6.03 Å². The van der Waals surface area contributed by atoms with E-state index in [0.29, 0.717) is 24.3 Å². The molecule has 8 heteroatoms. The molecule has 0 bridgehead atoms. The normalized spacial score (nSPS) is 23.9. The summed E-state index contributed by atoms with van der Waals surface area (Å²) in [6.07, 6.45) is 4.50. The first kappa shape index (κ1) is 23.2. The molecule has 2 saturated heterocycles. The van der Waals surface area contributed by atoms with Gasteiger partial charge in [-0.15, -0.1) is 0 Å². The Morgan fingerprint density at radius 1 is 1.00 bits per heavy atom. The van der Waals surface area contributed by atoms with Crippen molar-refractivity contribution in [2.24, 2.45) is 5.41 Å². The van der Waals surface area contributed by atoms with Crippen LogP contribution < -0.4 is 19.7 Å². The molecule has 0 unspecified atom stereocenters. The minimum Gasteiger partial charge on any atom is -0.493 e. The Labute approximate surface area is 205 Å². The minimum atomic E-state index is -1.32. The number of nitrogens with one attached hydrogen (secondary N) is 1. The fourth-order valence-electron chi connectivity index (χ4n) is 5.90. The second kappa shape index (κ2) is 9.24. The molecule has 2 aromatic carbocycles. The van der Waals surface area contributed by atoms with Crippen LogP contribution in [-0.4, -0.2) is 56.1 Å². The van der Waals surface area contributed by atoms with Gasteiger partial charge in [0.1, 0.15) is 0 Å². The lowest BCUT2D eigenvalue weighted by atomic mass is 9.67. The average Bonchev–Trinajstić information content (AvgIpc) is 3.14. The standard InChI is InChI=1S/C27H31N3O5/c1-34-21-12-11-18(16-22(21)35-2)13-15-30-25(32)27(24(31)28-26(30)33)17-19-8-5-6-9-20(19)29-14-7-3-4-10-23(27)29/h5-6,8-9,11-12,16,23H,3-4,7,10,13-15,17H2,1-2H3,(H,28,31,33)/t23-,27-/m1/s1. The van der Waals surface area contributed by atoms with Crippen molar-refractivity contribution >= 4 is 23.5 Å². The molecule has 3 heterocycles. The van der Waals surface area contributed by atoms with Crippen molar-refractivity contribution < 1.29 is 23.9 Å². The Balaban J connectivity index is 1.47. The van der Waals surface area contributed by atoms with Crippen molar-refractivity contribution in [1.29, 1.82) is 0 Å². The van der Waals surface area contributed by atoms with Crippen LogP contribution in [0.5, 0.6) is 11.5 Å². The average molecular weight is 478 g/mol. The third kappa shape index (κ3) is 3.81. The summed E-state index contributed by atoms with van der Waals surface area (Å²) in [7, 11) is 3.14. The summed E-state index contributed by atoms with van der Waals surface area (Å²) in [6.45, 7) is 0.965. The van der Waals surface area contributed by atoms with Gasteiger partial charge in [-0.05, 0) is 55.0 Å². The molecule has 2 fully saturated rings. The summed E-state index contributed by atoms with van der Waals surface area (Å²) in [4.78, 5) is 44.0. The number of imide groups is 2. The molecule has 3 aliphatic rings. The highest BCUT2D eigenvalue weighted by Gasteiger charge is 2.61. The maximum absolute atomic E-state index is 14.1. The minimum absolute atomic E-state index is 0.170. The van der Waals surface area contributed by atoms with Crippen LogP contribution in [-0.2, 0) is 22.4 Å². The number of barbiturate groups is 1. The molecular formula is C27H31N3O5. The van der Waals surface area contributed by atoms with Gasteiger partial charge in [0.15, 0.2) is 16.9 Å². The quantitative estimate of drug-likeness (QED) is 0.665. The van der Waals surface area contributed by atoms with Crippen LogP contribution in [0, 0.1) is 5.41 Å². The van der Waals surface area contributed by atoms with Crippen molar-refractivity contribution in [1.82, 2.24) is 10.2 Å². The number of para-hydroxylation sites is 1. The first-order chi connectivity index (χ1) is 17.0. The van der Waals surface area contributed by atoms with Gasteiger partial charge in [-0.25, -0.2) is 4.79 Å². The highest BCUT2D eigenvalue weighted by molar-refractivity contribution is 6.20. The largest absolute Gasteiger partial charge is 0.493 e. The molecule has 184 valence electrons. The molecule has 35 heavy (non-hydrogen) atoms. The van der Waals surface area contributed by atoms with Crippen LogP contribution in [0.4, 0.5) is 10.5 Å². The summed E-state index contributed by atoms with van der Waals surface area (Å²) in [6, 6.07) is 12.6. The molecule has 3 aliphatic heterocycles. The van der Waals surface area contributed by atoms with E-state index in [1.807, 2.05) is 30.3 Å². The number of hydrogen-bond donors (Lipinski definition) is 1. The van der Waals surface area contributed by atoms with E-state index in [2.05, 4.69) is 16.3 Å². The van der Waals surface area contributed by atoms with E-state index < -0.39 is 23.3 Å². The zero-order valence-electron chi connectivity index (χ0n) is 20.2. The van der Waals surface area contributed by atoms with Crippen molar-refractivity contribution in [2.75, 3.05) is 32.2 Å². The van der Waals surface area contributed by atoms with Gasteiger partial charge in [0, 0.05) is 18.8 Å². The molecule has 0 radical (unpaired) electrons. The van der Waals surface area contributed by atoms with E-state index in [-0.39, 0.29) is 12.6 Å². The number of ether oxygens (including phenoxy) is 2. The third-order valence-corrected chi connectivity index (χ3v) is 7.66. The lowest BCUT2D eigenvalue weighted by molar-refractivity contribution is -0.153. The van der Waals surface area contributed by atoms with Crippen LogP contribution >= 0.6 is 0 Å². The van der Waals surface area contributed by atoms with Crippen molar-refractivity contribution in [2.45, 2.75) is 44.6 Å². The molecular weight excluding hydrogens is 446 g/mol. The molecule has 4 amide bonds. The van der Waals surface area contributed by atoms with Crippen LogP contribution in [0.25, 0.3) is 0 Å². The maximum Gasteiger partial charge on any atom is 0.330 e. The van der Waals surface area contributed by atoms with Crippen LogP contribution in [0.15, 0.2) is 42.5 Å². The second-order valence-corrected chi connectivity index (χ2v) is 9.49. The van der Waals surface area contributed by atoms with E-state index in [9.17, 15) is 14.4 Å². The number of methoxy groups -OCH3 is 2. The molecule has 0 saturated carbocycles. The van der Waals surface area contributed by atoms with E-state index >= 15 is 0 Å². The van der Waals surface area contributed by atoms with Crippen molar-refractivity contribution in [3.8, 4) is 11.5 Å². The number of benzene rings is 2. The third-order valence-electron chi connectivity index (χ3n) is 7.66. The van der Waals surface area contributed by atoms with Crippen LogP contribution in [0.2, 0.25) is 0 Å². The molecule has 5 rings (SSSR count). The summed E-state index contributed by atoms with van der Waals surface area (Å²) in [5, 5.41) is 2.54. The number of carbonyl (C=O) groups is 3. The molecule has 0 aliphatic carbocycles. The van der Waals surface area contributed by atoms with E-state index in [1.165, 1.54) is 4.90 Å². The van der Waals surface area contributed by atoms with Crippen molar-refractivity contribution in [3.05, 3.63) is 53.6 Å². The Morgan fingerprint density at radius 3 is 2.60 bits per heavy atom. The fourth-order valence-corrected chi connectivity index (χ4v) is 5.90. The van der Waals surface area contributed by atoms with Gasteiger partial charge in [0.25, 0.3) is 0 Å². The number of nitrogens with zero attached hydrogens (tertiary/aromatic N) is 2. The molecule has 1 spiro atoms. The van der Waals surface area contributed by atoms with Gasteiger partial charge in [-0.2, -0.15) is 0 Å². The topological polar surface area (TPSA) is 88.2 Å². The number of hydrogen-bond acceptors (Lipinski definition) is 6. The summed E-state index contributed by atoms with van der Waals surface area (Å²) in [5.41, 5.74) is 1.66. The lowest BCUT2D eigenvalue weighted by Gasteiger charge is -2.51. The predicted octanol–water partition coefficient (Wildman–Crippen LogP) is 3.32. The molecule has 0 aromatic heterocycles. The second-order valence-electron chi connectivity index (χ2n) is 9.49. The molecule has 2 aromatic rings. The van der Waals surface area contributed by atoms with Crippen LogP contribution in [0.1, 0.15) is 36.8 Å². The Kier molecular flexibility index (Phi) is 6.13.